The number of carbonyl (C=O) groups excluding carboxylic acids is 1. The zero-order valence-corrected chi connectivity index (χ0v) is 17.5. The molecule has 0 fully saturated rings. The van der Waals surface area contributed by atoms with Gasteiger partial charge >= 0.3 is 0 Å². The first kappa shape index (κ1) is 18.0. The number of aryl methyl sites for hydroxylation is 1. The fourth-order valence-corrected chi connectivity index (χ4v) is 4.57. The van der Waals surface area contributed by atoms with Crippen LogP contribution in [0, 0.1) is 6.92 Å². The predicted molar refractivity (Wildman–Crippen MR) is 117 cm³/mol. The molecule has 0 N–H and O–H groups in total. The maximum absolute atomic E-state index is 13.0. The van der Waals surface area contributed by atoms with Gasteiger partial charge < -0.3 is 0 Å². The van der Waals surface area contributed by atoms with Gasteiger partial charge in [0.2, 0.25) is 5.13 Å². The summed E-state index contributed by atoms with van der Waals surface area (Å²) >= 11 is 6.31. The molecule has 4 nitrogen and oxygen atoms in total. The fraction of sp³-hybridized carbons (Fsp3) is 0.0500. The van der Waals surface area contributed by atoms with Crippen molar-refractivity contribution in [1.82, 2.24) is 4.98 Å². The molecule has 0 aliphatic rings. The molecule has 7 heteroatoms. The summed E-state index contributed by atoms with van der Waals surface area (Å²) in [7, 11) is 0. The molecule has 27 heavy (non-hydrogen) atoms. The van der Waals surface area contributed by atoms with E-state index in [0.717, 1.165) is 20.3 Å². The highest BCUT2D eigenvalue weighted by atomic mass is 79.9. The Morgan fingerprint density at radius 2 is 2.00 bits per heavy atom. The third-order valence-electron chi connectivity index (χ3n) is 3.84. The molecule has 1 amide bonds. The van der Waals surface area contributed by atoms with Gasteiger partial charge in [-0.2, -0.15) is 10.1 Å². The van der Waals surface area contributed by atoms with Crippen LogP contribution in [-0.4, -0.2) is 17.1 Å². The van der Waals surface area contributed by atoms with E-state index >= 15 is 0 Å². The third kappa shape index (κ3) is 4.00. The molecule has 0 unspecified atom stereocenters. The van der Waals surface area contributed by atoms with Gasteiger partial charge in [0, 0.05) is 4.47 Å². The predicted octanol–water partition coefficient (Wildman–Crippen LogP) is 6.11. The van der Waals surface area contributed by atoms with Gasteiger partial charge in [0.1, 0.15) is 0 Å². The number of nitrogens with zero attached hydrogens (tertiary/aromatic N) is 3. The Labute approximate surface area is 172 Å². The molecule has 2 heterocycles. The van der Waals surface area contributed by atoms with Crippen LogP contribution in [0.3, 0.4) is 0 Å². The summed E-state index contributed by atoms with van der Waals surface area (Å²) in [5.41, 5.74) is 2.94. The second-order valence-electron chi connectivity index (χ2n) is 5.86. The van der Waals surface area contributed by atoms with Crippen LogP contribution < -0.4 is 5.01 Å². The molecule has 134 valence electrons. The fourth-order valence-electron chi connectivity index (χ4n) is 2.45. The molecule has 0 saturated carbocycles. The standard InChI is InChI=1S/C20H14BrN3OS2/c1-13-4-6-14(7-5-13)12-22-24(19(25)17-3-2-10-26-17)20-23-16-9-8-15(21)11-18(16)27-20/h2-12H,1H3/b22-12+. The van der Waals surface area contributed by atoms with Crippen molar-refractivity contribution in [3.8, 4) is 0 Å². The zero-order valence-electron chi connectivity index (χ0n) is 14.3. The smallest absolute Gasteiger partial charge is 0.266 e. The van der Waals surface area contributed by atoms with E-state index in [1.807, 2.05) is 60.8 Å². The van der Waals surface area contributed by atoms with E-state index in [-0.39, 0.29) is 5.91 Å². The van der Waals surface area contributed by atoms with Crippen molar-refractivity contribution in [1.29, 1.82) is 0 Å². The Morgan fingerprint density at radius 3 is 2.74 bits per heavy atom. The molecule has 0 aliphatic heterocycles. The largest absolute Gasteiger partial charge is 0.290 e. The van der Waals surface area contributed by atoms with E-state index in [9.17, 15) is 4.79 Å². The van der Waals surface area contributed by atoms with Gasteiger partial charge in [-0.3, -0.25) is 4.79 Å². The summed E-state index contributed by atoms with van der Waals surface area (Å²) in [4.78, 5) is 18.2. The Balaban J connectivity index is 1.74. The average molecular weight is 456 g/mol. The summed E-state index contributed by atoms with van der Waals surface area (Å²) in [6.07, 6.45) is 1.69. The van der Waals surface area contributed by atoms with Crippen molar-refractivity contribution in [3.05, 3.63) is 80.5 Å². The highest BCUT2D eigenvalue weighted by Crippen LogP contribution is 2.32. The van der Waals surface area contributed by atoms with Gasteiger partial charge in [-0.25, -0.2) is 4.98 Å². The molecule has 0 saturated heterocycles. The lowest BCUT2D eigenvalue weighted by Crippen LogP contribution is -2.24. The van der Waals surface area contributed by atoms with Crippen LogP contribution in [-0.2, 0) is 0 Å². The lowest BCUT2D eigenvalue weighted by Gasteiger charge is -2.12. The average Bonchev–Trinajstić information content (AvgIpc) is 3.32. The Morgan fingerprint density at radius 1 is 1.19 bits per heavy atom. The number of thiazole rings is 1. The van der Waals surface area contributed by atoms with Crippen LogP contribution in [0.25, 0.3) is 10.2 Å². The van der Waals surface area contributed by atoms with Crippen molar-refractivity contribution in [2.75, 3.05) is 5.01 Å². The SMILES string of the molecule is Cc1ccc(/C=N/N(C(=O)c2cccs2)c2nc3ccc(Br)cc3s2)cc1. The minimum atomic E-state index is -0.188. The second-order valence-corrected chi connectivity index (χ2v) is 8.73. The first-order valence-electron chi connectivity index (χ1n) is 8.15. The monoisotopic (exact) mass is 455 g/mol. The molecular weight excluding hydrogens is 442 g/mol. The van der Waals surface area contributed by atoms with Gasteiger partial charge in [-0.1, -0.05) is 63.2 Å². The summed E-state index contributed by atoms with van der Waals surface area (Å²) < 4.78 is 1.97. The molecule has 0 spiro atoms. The molecule has 2 aromatic carbocycles. The number of thiophene rings is 1. The number of fused-ring (bicyclic) bond motifs is 1. The maximum atomic E-state index is 13.0. The Hall–Kier alpha value is -2.35. The van der Waals surface area contributed by atoms with Crippen LogP contribution in [0.15, 0.2) is 69.6 Å². The van der Waals surface area contributed by atoms with Crippen LogP contribution >= 0.6 is 38.6 Å². The van der Waals surface area contributed by atoms with E-state index in [1.54, 1.807) is 12.3 Å². The number of amides is 1. The Kier molecular flexibility index (Phi) is 5.15. The quantitative estimate of drug-likeness (QED) is 0.275. The molecule has 0 bridgehead atoms. The van der Waals surface area contributed by atoms with Gasteiger partial charge in [-0.15, -0.1) is 11.3 Å². The summed E-state index contributed by atoms with van der Waals surface area (Å²) in [5.74, 6) is -0.188. The number of halogens is 1. The van der Waals surface area contributed by atoms with Crippen molar-refractivity contribution < 1.29 is 4.79 Å². The zero-order chi connectivity index (χ0) is 18.8. The number of hydrogen-bond donors (Lipinski definition) is 0. The third-order valence-corrected chi connectivity index (χ3v) is 6.19. The van der Waals surface area contributed by atoms with Crippen LogP contribution in [0.1, 0.15) is 20.8 Å². The van der Waals surface area contributed by atoms with Crippen LogP contribution in [0.4, 0.5) is 5.13 Å². The molecular formula is C20H14BrN3OS2. The Bertz CT molecular complexity index is 1120. The number of benzene rings is 2. The molecule has 0 aliphatic carbocycles. The van der Waals surface area contributed by atoms with Crippen molar-refractivity contribution in [2.45, 2.75) is 6.92 Å². The van der Waals surface area contributed by atoms with Crippen molar-refractivity contribution in [2.24, 2.45) is 5.10 Å². The van der Waals surface area contributed by atoms with E-state index in [1.165, 1.54) is 33.2 Å². The normalized spacial score (nSPS) is 11.3. The van der Waals surface area contributed by atoms with Gasteiger partial charge in [-0.05, 0) is 42.1 Å². The van der Waals surface area contributed by atoms with Crippen LogP contribution in [0.5, 0.6) is 0 Å². The van der Waals surface area contributed by atoms with Crippen molar-refractivity contribution in [3.63, 3.8) is 0 Å². The minimum Gasteiger partial charge on any atom is -0.266 e. The lowest BCUT2D eigenvalue weighted by molar-refractivity contribution is 0.0991. The number of aromatic nitrogens is 1. The number of rotatable bonds is 4. The second kappa shape index (κ2) is 7.72. The van der Waals surface area contributed by atoms with Gasteiger partial charge in [0.15, 0.2) is 0 Å². The molecule has 4 aromatic rings. The highest BCUT2D eigenvalue weighted by Gasteiger charge is 2.21. The molecule has 0 radical (unpaired) electrons. The lowest BCUT2D eigenvalue weighted by atomic mass is 10.2. The van der Waals surface area contributed by atoms with E-state index in [0.29, 0.717) is 10.0 Å². The number of carbonyl (C=O) groups is 1. The molecule has 2 aromatic heterocycles. The molecule has 0 atom stereocenters. The number of hydrazone groups is 1. The first-order valence-corrected chi connectivity index (χ1v) is 10.6. The maximum Gasteiger partial charge on any atom is 0.290 e. The number of hydrogen-bond acceptors (Lipinski definition) is 5. The summed E-state index contributed by atoms with van der Waals surface area (Å²) in [5, 5.41) is 8.27. The van der Waals surface area contributed by atoms with Gasteiger partial charge in [0.25, 0.3) is 5.91 Å². The summed E-state index contributed by atoms with van der Waals surface area (Å²) in [6, 6.07) is 17.5. The molecule has 4 rings (SSSR count). The number of anilines is 1. The van der Waals surface area contributed by atoms with Gasteiger partial charge in [0.05, 0.1) is 21.3 Å². The topological polar surface area (TPSA) is 45.6 Å². The van der Waals surface area contributed by atoms with Crippen molar-refractivity contribution >= 4 is 66.1 Å². The van der Waals surface area contributed by atoms with E-state index in [2.05, 4.69) is 26.0 Å². The summed E-state index contributed by atoms with van der Waals surface area (Å²) in [6.45, 7) is 2.03. The van der Waals surface area contributed by atoms with E-state index in [4.69, 9.17) is 0 Å². The minimum absolute atomic E-state index is 0.188. The van der Waals surface area contributed by atoms with Crippen LogP contribution in [0.2, 0.25) is 0 Å². The highest BCUT2D eigenvalue weighted by molar-refractivity contribution is 9.10. The first-order chi connectivity index (χ1) is 13.1. The van der Waals surface area contributed by atoms with E-state index < -0.39 is 0 Å².